The summed E-state index contributed by atoms with van der Waals surface area (Å²) in [5.41, 5.74) is 3.55. The quantitative estimate of drug-likeness (QED) is 0.814. The van der Waals surface area contributed by atoms with Gasteiger partial charge in [-0.25, -0.2) is 0 Å². The zero-order chi connectivity index (χ0) is 11.0. The molecular formula is C14H20N2. The van der Waals surface area contributed by atoms with Gasteiger partial charge < -0.3 is 10.2 Å². The van der Waals surface area contributed by atoms with Crippen molar-refractivity contribution in [2.75, 3.05) is 31.1 Å². The molecule has 86 valence electrons. The molecule has 0 radical (unpaired) electrons. The second-order valence-electron chi connectivity index (χ2n) is 5.27. The zero-order valence-corrected chi connectivity index (χ0v) is 10.00. The Bertz CT molecular complexity index is 372. The van der Waals surface area contributed by atoms with Gasteiger partial charge in [0.2, 0.25) is 0 Å². The smallest absolute Gasteiger partial charge is 0.0399 e. The van der Waals surface area contributed by atoms with Gasteiger partial charge in [-0.1, -0.05) is 25.1 Å². The van der Waals surface area contributed by atoms with Crippen LogP contribution in [0.3, 0.4) is 0 Å². The topological polar surface area (TPSA) is 15.3 Å². The minimum absolute atomic E-state index is 0.598. The van der Waals surface area contributed by atoms with Gasteiger partial charge in [-0.05, 0) is 31.0 Å². The number of aryl methyl sites for hydroxylation is 1. The Balaban J connectivity index is 1.75. The van der Waals surface area contributed by atoms with Gasteiger partial charge in [0.1, 0.15) is 0 Å². The Labute approximate surface area is 97.6 Å². The highest BCUT2D eigenvalue weighted by Crippen LogP contribution is 2.40. The van der Waals surface area contributed by atoms with Crippen molar-refractivity contribution in [1.29, 1.82) is 0 Å². The van der Waals surface area contributed by atoms with Crippen molar-refractivity contribution in [3.8, 4) is 0 Å². The molecule has 0 bridgehead atoms. The number of nitrogens with zero attached hydrogens (tertiary/aromatic N) is 1. The third kappa shape index (κ3) is 1.52. The van der Waals surface area contributed by atoms with Crippen LogP contribution in [-0.4, -0.2) is 26.2 Å². The van der Waals surface area contributed by atoms with Gasteiger partial charge in [0.15, 0.2) is 0 Å². The van der Waals surface area contributed by atoms with Gasteiger partial charge >= 0.3 is 0 Å². The van der Waals surface area contributed by atoms with Gasteiger partial charge in [-0.2, -0.15) is 0 Å². The highest BCUT2D eigenvalue weighted by atomic mass is 15.2. The van der Waals surface area contributed by atoms with Crippen molar-refractivity contribution in [1.82, 2.24) is 5.32 Å². The summed E-state index contributed by atoms with van der Waals surface area (Å²) >= 11 is 0. The van der Waals surface area contributed by atoms with Crippen molar-refractivity contribution < 1.29 is 0 Å². The molecule has 2 heterocycles. The average molecular weight is 216 g/mol. The maximum absolute atomic E-state index is 3.49. The van der Waals surface area contributed by atoms with E-state index in [4.69, 9.17) is 0 Å². The van der Waals surface area contributed by atoms with Crippen LogP contribution in [0.4, 0.5) is 5.69 Å². The molecule has 0 saturated carbocycles. The van der Waals surface area contributed by atoms with Gasteiger partial charge in [0.25, 0.3) is 0 Å². The molecule has 3 rings (SSSR count). The molecule has 2 heteroatoms. The van der Waals surface area contributed by atoms with Crippen LogP contribution < -0.4 is 10.2 Å². The maximum Gasteiger partial charge on any atom is 0.0399 e. The molecule has 0 unspecified atom stereocenters. The van der Waals surface area contributed by atoms with E-state index >= 15 is 0 Å². The van der Waals surface area contributed by atoms with Crippen LogP contribution >= 0.6 is 0 Å². The van der Waals surface area contributed by atoms with E-state index in [-0.39, 0.29) is 0 Å². The molecule has 1 N–H and O–H groups in total. The fourth-order valence-electron chi connectivity index (χ4n) is 3.12. The van der Waals surface area contributed by atoms with E-state index in [2.05, 4.69) is 41.4 Å². The SMILES string of the molecule is CCc1ccccc1N1CC2(CCNC2)C1. The van der Waals surface area contributed by atoms with Gasteiger partial charge in [0, 0.05) is 30.7 Å². The molecule has 0 amide bonds. The number of rotatable bonds is 2. The summed E-state index contributed by atoms with van der Waals surface area (Å²) in [7, 11) is 0. The van der Waals surface area contributed by atoms with Gasteiger partial charge in [-0.3, -0.25) is 0 Å². The molecule has 2 saturated heterocycles. The molecule has 16 heavy (non-hydrogen) atoms. The Hall–Kier alpha value is -1.02. The number of anilines is 1. The molecule has 2 aliphatic rings. The highest BCUT2D eigenvalue weighted by molar-refractivity contribution is 5.56. The minimum atomic E-state index is 0.598. The normalized spacial score (nSPS) is 22.4. The molecule has 0 aliphatic carbocycles. The first kappa shape index (κ1) is 10.2. The molecule has 0 aromatic heterocycles. The molecule has 1 spiro atoms. The Morgan fingerprint density at radius 3 is 2.81 bits per heavy atom. The molecule has 2 fully saturated rings. The monoisotopic (exact) mass is 216 g/mol. The summed E-state index contributed by atoms with van der Waals surface area (Å²) in [6, 6.07) is 8.84. The summed E-state index contributed by atoms with van der Waals surface area (Å²) in [5.74, 6) is 0. The third-order valence-electron chi connectivity index (χ3n) is 4.10. The number of hydrogen-bond donors (Lipinski definition) is 1. The standard InChI is InChI=1S/C14H20N2/c1-2-12-5-3-4-6-13(12)16-10-14(11-16)7-8-15-9-14/h3-6,15H,2,7-11H2,1H3. The molecule has 0 atom stereocenters. The molecule has 1 aromatic rings. The third-order valence-corrected chi connectivity index (χ3v) is 4.10. The molecule has 2 nitrogen and oxygen atoms in total. The number of benzene rings is 1. The molecule has 1 aromatic carbocycles. The Kier molecular flexibility index (Phi) is 2.40. The van der Waals surface area contributed by atoms with Crippen LogP contribution in [0.1, 0.15) is 18.9 Å². The van der Waals surface area contributed by atoms with E-state index in [1.807, 2.05) is 0 Å². The fraction of sp³-hybridized carbons (Fsp3) is 0.571. The average Bonchev–Trinajstić information content (AvgIpc) is 2.76. The summed E-state index contributed by atoms with van der Waals surface area (Å²) < 4.78 is 0. The van der Waals surface area contributed by atoms with Crippen molar-refractivity contribution in [2.45, 2.75) is 19.8 Å². The molecule has 2 aliphatic heterocycles. The van der Waals surface area contributed by atoms with E-state index in [9.17, 15) is 0 Å². The largest absolute Gasteiger partial charge is 0.370 e. The number of hydrogen-bond acceptors (Lipinski definition) is 2. The lowest BCUT2D eigenvalue weighted by atomic mass is 9.78. The maximum atomic E-state index is 3.49. The van der Waals surface area contributed by atoms with Crippen molar-refractivity contribution >= 4 is 5.69 Å². The van der Waals surface area contributed by atoms with Crippen LogP contribution in [0.15, 0.2) is 24.3 Å². The predicted molar refractivity (Wildman–Crippen MR) is 68.0 cm³/mol. The van der Waals surface area contributed by atoms with Crippen LogP contribution in [-0.2, 0) is 6.42 Å². The van der Waals surface area contributed by atoms with Crippen molar-refractivity contribution in [3.63, 3.8) is 0 Å². The van der Waals surface area contributed by atoms with Crippen LogP contribution in [0.2, 0.25) is 0 Å². The molecular weight excluding hydrogens is 196 g/mol. The van der Waals surface area contributed by atoms with Crippen LogP contribution in [0.5, 0.6) is 0 Å². The summed E-state index contributed by atoms with van der Waals surface area (Å²) in [6.45, 7) is 7.17. The zero-order valence-electron chi connectivity index (χ0n) is 10.00. The van der Waals surface area contributed by atoms with Crippen molar-refractivity contribution in [2.24, 2.45) is 5.41 Å². The van der Waals surface area contributed by atoms with E-state index in [1.165, 1.54) is 43.9 Å². The van der Waals surface area contributed by atoms with Gasteiger partial charge in [0.05, 0.1) is 0 Å². The predicted octanol–water partition coefficient (Wildman–Crippen LogP) is 2.05. The first-order chi connectivity index (χ1) is 7.83. The van der Waals surface area contributed by atoms with E-state index in [0.717, 1.165) is 6.42 Å². The lowest BCUT2D eigenvalue weighted by Gasteiger charge is -2.49. The Morgan fingerprint density at radius 1 is 1.31 bits per heavy atom. The summed E-state index contributed by atoms with van der Waals surface area (Å²) in [5, 5.41) is 3.49. The lowest BCUT2D eigenvalue weighted by Crippen LogP contribution is -2.57. The number of nitrogens with one attached hydrogen (secondary N) is 1. The summed E-state index contributed by atoms with van der Waals surface area (Å²) in [6.07, 6.45) is 2.50. The van der Waals surface area contributed by atoms with E-state index < -0.39 is 0 Å². The second kappa shape index (κ2) is 3.77. The van der Waals surface area contributed by atoms with Crippen LogP contribution in [0, 0.1) is 5.41 Å². The minimum Gasteiger partial charge on any atom is -0.370 e. The second-order valence-corrected chi connectivity index (χ2v) is 5.27. The first-order valence-corrected chi connectivity index (χ1v) is 6.37. The van der Waals surface area contributed by atoms with Gasteiger partial charge in [-0.15, -0.1) is 0 Å². The highest BCUT2D eigenvalue weighted by Gasteiger charge is 2.45. The number of para-hydroxylation sites is 1. The summed E-state index contributed by atoms with van der Waals surface area (Å²) in [4.78, 5) is 2.55. The van der Waals surface area contributed by atoms with Crippen molar-refractivity contribution in [3.05, 3.63) is 29.8 Å². The Morgan fingerprint density at radius 2 is 2.12 bits per heavy atom. The first-order valence-electron chi connectivity index (χ1n) is 6.37. The van der Waals surface area contributed by atoms with E-state index in [0.29, 0.717) is 5.41 Å². The van der Waals surface area contributed by atoms with Crippen LogP contribution in [0.25, 0.3) is 0 Å². The lowest BCUT2D eigenvalue weighted by molar-refractivity contribution is 0.243. The fourth-order valence-corrected chi connectivity index (χ4v) is 3.12. The van der Waals surface area contributed by atoms with E-state index in [1.54, 1.807) is 0 Å².